The van der Waals surface area contributed by atoms with Crippen LogP contribution in [0.4, 0.5) is 0 Å². The van der Waals surface area contributed by atoms with E-state index < -0.39 is 0 Å². The lowest BCUT2D eigenvalue weighted by molar-refractivity contribution is 0.0951. The Morgan fingerprint density at radius 3 is 2.53 bits per heavy atom. The van der Waals surface area contributed by atoms with Crippen LogP contribution >= 0.6 is 15.9 Å². The smallest absolute Gasteiger partial charge is 0.251 e. The number of halogens is 1. The van der Waals surface area contributed by atoms with Gasteiger partial charge in [-0.05, 0) is 29.3 Å². The highest BCUT2D eigenvalue weighted by Crippen LogP contribution is 2.12. The Bertz CT molecular complexity index is 584. The minimum Gasteiger partial charge on any atom is -0.348 e. The standard InChI is InChI=1S/C15H15BrN2O/c16-14-7-3-6-11(8-14)15(19)18-10-13-5-2-1-4-12(13)9-17/h1-8H,9-10,17H2,(H,18,19). The molecule has 19 heavy (non-hydrogen) atoms. The zero-order valence-corrected chi connectivity index (χ0v) is 12.0. The van der Waals surface area contributed by atoms with Crippen LogP contribution in [0.3, 0.4) is 0 Å². The van der Waals surface area contributed by atoms with Crippen molar-refractivity contribution in [2.24, 2.45) is 5.73 Å². The van der Waals surface area contributed by atoms with Gasteiger partial charge in [0.15, 0.2) is 0 Å². The van der Waals surface area contributed by atoms with Crippen LogP contribution < -0.4 is 11.1 Å². The van der Waals surface area contributed by atoms with Crippen molar-refractivity contribution in [2.45, 2.75) is 13.1 Å². The van der Waals surface area contributed by atoms with Gasteiger partial charge < -0.3 is 11.1 Å². The van der Waals surface area contributed by atoms with Gasteiger partial charge in [-0.15, -0.1) is 0 Å². The molecular formula is C15H15BrN2O. The number of rotatable bonds is 4. The lowest BCUT2D eigenvalue weighted by Gasteiger charge is -2.09. The van der Waals surface area contributed by atoms with Crippen molar-refractivity contribution < 1.29 is 4.79 Å². The fourth-order valence-electron chi connectivity index (χ4n) is 1.84. The van der Waals surface area contributed by atoms with Gasteiger partial charge in [0.2, 0.25) is 0 Å². The molecule has 0 heterocycles. The van der Waals surface area contributed by atoms with Crippen LogP contribution in [0.2, 0.25) is 0 Å². The maximum absolute atomic E-state index is 12.0. The number of hydrogen-bond acceptors (Lipinski definition) is 2. The van der Waals surface area contributed by atoms with E-state index in [2.05, 4.69) is 21.2 Å². The van der Waals surface area contributed by atoms with Gasteiger partial charge in [0, 0.05) is 23.1 Å². The molecule has 0 unspecified atom stereocenters. The topological polar surface area (TPSA) is 55.1 Å². The average molecular weight is 319 g/mol. The normalized spacial score (nSPS) is 10.2. The summed E-state index contributed by atoms with van der Waals surface area (Å²) in [5, 5.41) is 2.90. The second kappa shape index (κ2) is 6.50. The third-order valence-corrected chi connectivity index (χ3v) is 3.36. The Labute approximate surface area is 121 Å². The number of carbonyl (C=O) groups is 1. The zero-order chi connectivity index (χ0) is 13.7. The first kappa shape index (κ1) is 13.8. The Morgan fingerprint density at radius 2 is 1.84 bits per heavy atom. The molecule has 2 aromatic carbocycles. The molecule has 0 aromatic heterocycles. The summed E-state index contributed by atoms with van der Waals surface area (Å²) in [4.78, 5) is 12.0. The number of amides is 1. The first-order valence-electron chi connectivity index (χ1n) is 6.01. The Morgan fingerprint density at radius 1 is 1.11 bits per heavy atom. The van der Waals surface area contributed by atoms with Crippen LogP contribution in [-0.4, -0.2) is 5.91 Å². The van der Waals surface area contributed by atoms with E-state index in [0.29, 0.717) is 18.7 Å². The highest BCUT2D eigenvalue weighted by molar-refractivity contribution is 9.10. The predicted octanol–water partition coefficient (Wildman–Crippen LogP) is 2.84. The van der Waals surface area contributed by atoms with Crippen LogP contribution in [0, 0.1) is 0 Å². The van der Waals surface area contributed by atoms with Crippen LogP contribution in [0.15, 0.2) is 53.0 Å². The second-order valence-corrected chi connectivity index (χ2v) is 5.08. The molecule has 2 aromatic rings. The van der Waals surface area contributed by atoms with Gasteiger partial charge in [0.25, 0.3) is 5.91 Å². The molecule has 0 saturated heterocycles. The number of nitrogens with two attached hydrogens (primary N) is 1. The molecule has 98 valence electrons. The molecule has 3 nitrogen and oxygen atoms in total. The molecule has 0 spiro atoms. The third-order valence-electron chi connectivity index (χ3n) is 2.86. The molecule has 0 bridgehead atoms. The Hall–Kier alpha value is -1.65. The number of benzene rings is 2. The van der Waals surface area contributed by atoms with Crippen LogP contribution in [-0.2, 0) is 13.1 Å². The van der Waals surface area contributed by atoms with E-state index in [-0.39, 0.29) is 5.91 Å². The molecule has 0 aliphatic rings. The van der Waals surface area contributed by atoms with E-state index in [1.165, 1.54) is 0 Å². The molecule has 4 heteroatoms. The lowest BCUT2D eigenvalue weighted by Crippen LogP contribution is -2.23. The third kappa shape index (κ3) is 3.66. The molecule has 0 aliphatic heterocycles. The Balaban J connectivity index is 2.04. The number of carbonyl (C=O) groups excluding carboxylic acids is 1. The molecular weight excluding hydrogens is 304 g/mol. The molecule has 1 amide bonds. The minimum atomic E-state index is -0.0897. The van der Waals surface area contributed by atoms with Crippen LogP contribution in [0.1, 0.15) is 21.5 Å². The summed E-state index contributed by atoms with van der Waals surface area (Å²) in [6.07, 6.45) is 0. The van der Waals surface area contributed by atoms with E-state index in [9.17, 15) is 4.79 Å². The maximum Gasteiger partial charge on any atom is 0.251 e. The fraction of sp³-hybridized carbons (Fsp3) is 0.133. The average Bonchev–Trinajstić information content (AvgIpc) is 2.45. The first-order chi connectivity index (χ1) is 9.20. The van der Waals surface area contributed by atoms with Gasteiger partial charge in [0.05, 0.1) is 0 Å². The molecule has 0 fully saturated rings. The van der Waals surface area contributed by atoms with Crippen molar-refractivity contribution in [1.82, 2.24) is 5.32 Å². The molecule has 2 rings (SSSR count). The summed E-state index contributed by atoms with van der Waals surface area (Å²) in [6, 6.07) is 15.2. The minimum absolute atomic E-state index is 0.0897. The number of nitrogens with one attached hydrogen (secondary N) is 1. The van der Waals surface area contributed by atoms with Crippen molar-refractivity contribution in [1.29, 1.82) is 0 Å². The SMILES string of the molecule is NCc1ccccc1CNC(=O)c1cccc(Br)c1. The molecule has 0 aliphatic carbocycles. The van der Waals surface area contributed by atoms with E-state index >= 15 is 0 Å². The molecule has 3 N–H and O–H groups in total. The summed E-state index contributed by atoms with van der Waals surface area (Å²) < 4.78 is 0.891. The second-order valence-electron chi connectivity index (χ2n) is 4.17. The largest absolute Gasteiger partial charge is 0.348 e. The van der Waals surface area contributed by atoms with E-state index in [1.54, 1.807) is 12.1 Å². The van der Waals surface area contributed by atoms with Crippen molar-refractivity contribution in [3.8, 4) is 0 Å². The highest BCUT2D eigenvalue weighted by atomic mass is 79.9. The van der Waals surface area contributed by atoms with Gasteiger partial charge in [-0.25, -0.2) is 0 Å². The van der Waals surface area contributed by atoms with Crippen molar-refractivity contribution in [3.63, 3.8) is 0 Å². The van der Waals surface area contributed by atoms with Crippen molar-refractivity contribution >= 4 is 21.8 Å². The van der Waals surface area contributed by atoms with Gasteiger partial charge in [-0.3, -0.25) is 4.79 Å². The quantitative estimate of drug-likeness (QED) is 0.910. The van der Waals surface area contributed by atoms with Gasteiger partial charge in [0.1, 0.15) is 0 Å². The summed E-state index contributed by atoms with van der Waals surface area (Å²) in [5.41, 5.74) is 8.41. The first-order valence-corrected chi connectivity index (χ1v) is 6.80. The monoisotopic (exact) mass is 318 g/mol. The van der Waals surface area contributed by atoms with Crippen LogP contribution in [0.25, 0.3) is 0 Å². The van der Waals surface area contributed by atoms with Crippen molar-refractivity contribution in [2.75, 3.05) is 0 Å². The van der Waals surface area contributed by atoms with Gasteiger partial charge in [-0.2, -0.15) is 0 Å². The van der Waals surface area contributed by atoms with Gasteiger partial charge >= 0.3 is 0 Å². The number of hydrogen-bond donors (Lipinski definition) is 2. The van der Waals surface area contributed by atoms with E-state index in [1.807, 2.05) is 36.4 Å². The summed E-state index contributed by atoms with van der Waals surface area (Å²) in [7, 11) is 0. The van der Waals surface area contributed by atoms with E-state index in [4.69, 9.17) is 5.73 Å². The fourth-order valence-corrected chi connectivity index (χ4v) is 2.24. The van der Waals surface area contributed by atoms with Crippen molar-refractivity contribution in [3.05, 3.63) is 69.7 Å². The molecule has 0 atom stereocenters. The summed E-state index contributed by atoms with van der Waals surface area (Å²) >= 11 is 3.35. The van der Waals surface area contributed by atoms with E-state index in [0.717, 1.165) is 15.6 Å². The summed E-state index contributed by atoms with van der Waals surface area (Å²) in [5.74, 6) is -0.0897. The molecule has 0 saturated carbocycles. The zero-order valence-electron chi connectivity index (χ0n) is 10.4. The van der Waals surface area contributed by atoms with Gasteiger partial charge in [-0.1, -0.05) is 46.3 Å². The summed E-state index contributed by atoms with van der Waals surface area (Å²) in [6.45, 7) is 0.960. The van der Waals surface area contributed by atoms with Crippen LogP contribution in [0.5, 0.6) is 0 Å². The molecule has 0 radical (unpaired) electrons. The highest BCUT2D eigenvalue weighted by Gasteiger charge is 2.06. The maximum atomic E-state index is 12.0. The Kier molecular flexibility index (Phi) is 4.71. The lowest BCUT2D eigenvalue weighted by atomic mass is 10.1. The predicted molar refractivity (Wildman–Crippen MR) is 79.6 cm³/mol.